The zero-order valence-corrected chi connectivity index (χ0v) is 11.8. The maximum Gasteiger partial charge on any atom is 0.123 e. The highest BCUT2D eigenvalue weighted by Crippen LogP contribution is 2.13. The maximum absolute atomic E-state index is 12.8. The SMILES string of the molecule is CCc1nn(C)cc1CNCC(O)c1ccc(F)cc1. The van der Waals surface area contributed by atoms with E-state index >= 15 is 0 Å². The molecular formula is C15H20FN3O. The van der Waals surface area contributed by atoms with Gasteiger partial charge in [-0.3, -0.25) is 4.68 Å². The Labute approximate surface area is 118 Å². The first-order valence-corrected chi connectivity index (χ1v) is 6.75. The molecule has 2 N–H and O–H groups in total. The van der Waals surface area contributed by atoms with Crippen molar-refractivity contribution in [1.82, 2.24) is 15.1 Å². The molecule has 4 nitrogen and oxygen atoms in total. The quantitative estimate of drug-likeness (QED) is 0.848. The number of aliphatic hydroxyl groups excluding tert-OH is 1. The first kappa shape index (κ1) is 14.7. The Morgan fingerprint density at radius 3 is 2.70 bits per heavy atom. The summed E-state index contributed by atoms with van der Waals surface area (Å²) in [5.41, 5.74) is 2.92. The van der Waals surface area contributed by atoms with Gasteiger partial charge < -0.3 is 10.4 Å². The first-order chi connectivity index (χ1) is 9.60. The lowest BCUT2D eigenvalue weighted by Crippen LogP contribution is -2.21. The average molecular weight is 277 g/mol. The summed E-state index contributed by atoms with van der Waals surface area (Å²) in [6, 6.07) is 5.91. The van der Waals surface area contributed by atoms with E-state index in [-0.39, 0.29) is 5.82 Å². The van der Waals surface area contributed by atoms with E-state index in [4.69, 9.17) is 0 Å². The van der Waals surface area contributed by atoms with Gasteiger partial charge in [-0.25, -0.2) is 4.39 Å². The monoisotopic (exact) mass is 277 g/mol. The van der Waals surface area contributed by atoms with Crippen LogP contribution in [0.1, 0.15) is 29.8 Å². The molecule has 1 heterocycles. The summed E-state index contributed by atoms with van der Waals surface area (Å²) >= 11 is 0. The number of aryl methyl sites for hydroxylation is 2. The molecule has 2 rings (SSSR count). The molecule has 0 saturated heterocycles. The third kappa shape index (κ3) is 3.65. The highest BCUT2D eigenvalue weighted by molar-refractivity contribution is 5.19. The largest absolute Gasteiger partial charge is 0.387 e. The highest BCUT2D eigenvalue weighted by atomic mass is 19.1. The number of rotatable bonds is 6. The van der Waals surface area contributed by atoms with Crippen LogP contribution in [-0.2, 0) is 20.0 Å². The molecule has 1 aromatic carbocycles. The Hall–Kier alpha value is -1.72. The minimum Gasteiger partial charge on any atom is -0.387 e. The number of nitrogens with zero attached hydrogens (tertiary/aromatic N) is 2. The smallest absolute Gasteiger partial charge is 0.123 e. The zero-order chi connectivity index (χ0) is 14.5. The van der Waals surface area contributed by atoms with Crippen molar-refractivity contribution in [2.75, 3.05) is 6.54 Å². The van der Waals surface area contributed by atoms with Crippen molar-refractivity contribution < 1.29 is 9.50 Å². The summed E-state index contributed by atoms with van der Waals surface area (Å²) in [7, 11) is 1.90. The lowest BCUT2D eigenvalue weighted by Gasteiger charge is -2.12. The van der Waals surface area contributed by atoms with Crippen molar-refractivity contribution in [3.05, 3.63) is 53.1 Å². The van der Waals surface area contributed by atoms with E-state index in [1.54, 1.807) is 16.8 Å². The Kier molecular flexibility index (Phi) is 4.87. The molecule has 0 amide bonds. The van der Waals surface area contributed by atoms with E-state index in [0.717, 1.165) is 17.7 Å². The molecule has 0 fully saturated rings. The van der Waals surface area contributed by atoms with E-state index < -0.39 is 6.10 Å². The second kappa shape index (κ2) is 6.63. The van der Waals surface area contributed by atoms with Gasteiger partial charge in [0, 0.05) is 31.9 Å². The van der Waals surface area contributed by atoms with Gasteiger partial charge in [0.05, 0.1) is 11.8 Å². The fraction of sp³-hybridized carbons (Fsp3) is 0.400. The molecule has 0 bridgehead atoms. The van der Waals surface area contributed by atoms with Gasteiger partial charge in [-0.15, -0.1) is 0 Å². The van der Waals surface area contributed by atoms with Crippen molar-refractivity contribution in [3.63, 3.8) is 0 Å². The van der Waals surface area contributed by atoms with E-state index in [1.165, 1.54) is 12.1 Å². The van der Waals surface area contributed by atoms with E-state index in [1.807, 2.05) is 13.2 Å². The number of halogens is 1. The first-order valence-electron chi connectivity index (χ1n) is 6.75. The van der Waals surface area contributed by atoms with Crippen LogP contribution in [0.15, 0.2) is 30.5 Å². The Morgan fingerprint density at radius 2 is 2.05 bits per heavy atom. The van der Waals surface area contributed by atoms with Gasteiger partial charge in [-0.1, -0.05) is 19.1 Å². The fourth-order valence-corrected chi connectivity index (χ4v) is 2.18. The molecule has 108 valence electrons. The summed E-state index contributed by atoms with van der Waals surface area (Å²) in [5, 5.41) is 17.6. The van der Waals surface area contributed by atoms with E-state index in [0.29, 0.717) is 18.7 Å². The standard InChI is InChI=1S/C15H20FN3O/c1-3-14-12(10-19(2)18-14)8-17-9-15(20)11-4-6-13(16)7-5-11/h4-7,10,15,17,20H,3,8-9H2,1-2H3. The van der Waals surface area contributed by atoms with Crippen LogP contribution < -0.4 is 5.32 Å². The van der Waals surface area contributed by atoms with Gasteiger partial charge in [0.25, 0.3) is 0 Å². The fourth-order valence-electron chi connectivity index (χ4n) is 2.18. The van der Waals surface area contributed by atoms with Gasteiger partial charge in [0.1, 0.15) is 5.82 Å². The lowest BCUT2D eigenvalue weighted by molar-refractivity contribution is 0.174. The van der Waals surface area contributed by atoms with Gasteiger partial charge in [0.15, 0.2) is 0 Å². The van der Waals surface area contributed by atoms with Gasteiger partial charge >= 0.3 is 0 Å². The van der Waals surface area contributed by atoms with Crippen LogP contribution in [0, 0.1) is 5.82 Å². The maximum atomic E-state index is 12.8. The third-order valence-corrected chi connectivity index (χ3v) is 3.23. The summed E-state index contributed by atoms with van der Waals surface area (Å²) in [5.74, 6) is -0.295. The molecule has 0 aliphatic rings. The summed E-state index contributed by atoms with van der Waals surface area (Å²) in [6.45, 7) is 3.15. The van der Waals surface area contributed by atoms with Crippen molar-refractivity contribution in [3.8, 4) is 0 Å². The predicted octanol–water partition coefficient (Wildman–Crippen LogP) is 1.94. The number of nitrogens with one attached hydrogen (secondary N) is 1. The van der Waals surface area contributed by atoms with Crippen LogP contribution in [0.4, 0.5) is 4.39 Å². The van der Waals surface area contributed by atoms with Crippen molar-refractivity contribution in [1.29, 1.82) is 0 Å². The summed E-state index contributed by atoms with van der Waals surface area (Å²) in [6.07, 6.45) is 2.23. The normalized spacial score (nSPS) is 12.6. The number of hydrogen-bond acceptors (Lipinski definition) is 3. The molecule has 0 aliphatic carbocycles. The molecule has 0 radical (unpaired) electrons. The van der Waals surface area contributed by atoms with Crippen molar-refractivity contribution in [2.45, 2.75) is 26.0 Å². The van der Waals surface area contributed by atoms with E-state index in [9.17, 15) is 9.50 Å². The molecule has 0 aliphatic heterocycles. The van der Waals surface area contributed by atoms with Crippen molar-refractivity contribution in [2.24, 2.45) is 7.05 Å². The topological polar surface area (TPSA) is 50.1 Å². The van der Waals surface area contributed by atoms with Crippen LogP contribution in [-0.4, -0.2) is 21.4 Å². The Balaban J connectivity index is 1.87. The predicted molar refractivity (Wildman–Crippen MR) is 75.7 cm³/mol. The molecule has 1 atom stereocenters. The molecule has 0 spiro atoms. The number of aromatic nitrogens is 2. The van der Waals surface area contributed by atoms with Gasteiger partial charge in [-0.05, 0) is 24.1 Å². The Morgan fingerprint density at radius 1 is 1.35 bits per heavy atom. The van der Waals surface area contributed by atoms with Gasteiger partial charge in [-0.2, -0.15) is 5.10 Å². The van der Waals surface area contributed by atoms with Crippen LogP contribution in [0.5, 0.6) is 0 Å². The second-order valence-corrected chi connectivity index (χ2v) is 4.83. The van der Waals surface area contributed by atoms with E-state index in [2.05, 4.69) is 17.3 Å². The minimum atomic E-state index is -0.641. The van der Waals surface area contributed by atoms with Crippen LogP contribution >= 0.6 is 0 Å². The minimum absolute atomic E-state index is 0.295. The van der Waals surface area contributed by atoms with Crippen molar-refractivity contribution >= 4 is 0 Å². The number of hydrogen-bond donors (Lipinski definition) is 2. The summed E-state index contributed by atoms with van der Waals surface area (Å²) in [4.78, 5) is 0. The second-order valence-electron chi connectivity index (χ2n) is 4.83. The molecule has 5 heteroatoms. The molecule has 20 heavy (non-hydrogen) atoms. The Bertz CT molecular complexity index is 551. The molecular weight excluding hydrogens is 257 g/mol. The molecule has 1 aromatic heterocycles. The zero-order valence-electron chi connectivity index (χ0n) is 11.8. The number of benzene rings is 1. The average Bonchev–Trinajstić information content (AvgIpc) is 2.79. The van der Waals surface area contributed by atoms with Crippen LogP contribution in [0.2, 0.25) is 0 Å². The molecule has 2 aromatic rings. The molecule has 1 unspecified atom stereocenters. The summed E-state index contributed by atoms with van der Waals surface area (Å²) < 4.78 is 14.6. The lowest BCUT2D eigenvalue weighted by atomic mass is 10.1. The van der Waals surface area contributed by atoms with Crippen LogP contribution in [0.3, 0.4) is 0 Å². The highest BCUT2D eigenvalue weighted by Gasteiger charge is 2.09. The molecule has 0 saturated carbocycles. The third-order valence-electron chi connectivity index (χ3n) is 3.23. The van der Waals surface area contributed by atoms with Gasteiger partial charge in [0.2, 0.25) is 0 Å². The van der Waals surface area contributed by atoms with Crippen LogP contribution in [0.25, 0.3) is 0 Å². The number of aliphatic hydroxyl groups is 1.